The number of allylic oxidation sites excluding steroid dienone is 3. The van der Waals surface area contributed by atoms with Gasteiger partial charge in [-0.1, -0.05) is 56.7 Å². The van der Waals surface area contributed by atoms with Crippen LogP contribution in [-0.2, 0) is 16.1 Å². The third kappa shape index (κ3) is 3.44. The first-order chi connectivity index (χ1) is 12.5. The number of hydrogen-bond donors (Lipinski definition) is 0. The first-order valence-corrected chi connectivity index (χ1v) is 10.2. The van der Waals surface area contributed by atoms with Gasteiger partial charge >= 0.3 is 0 Å². The lowest BCUT2D eigenvalue weighted by Crippen LogP contribution is -2.27. The zero-order valence-electron chi connectivity index (χ0n) is 16.1. The van der Waals surface area contributed by atoms with Crippen LogP contribution in [0.25, 0.3) is 0 Å². The van der Waals surface area contributed by atoms with Crippen LogP contribution in [0.15, 0.2) is 53.1 Å². The van der Waals surface area contributed by atoms with Crippen LogP contribution in [0.3, 0.4) is 0 Å². The highest BCUT2D eigenvalue weighted by Crippen LogP contribution is 2.50. The molecule has 2 atom stereocenters. The maximum absolute atomic E-state index is 12.9. The van der Waals surface area contributed by atoms with E-state index in [1.54, 1.807) is 0 Å². The van der Waals surface area contributed by atoms with E-state index < -0.39 is 0 Å². The van der Waals surface area contributed by atoms with Crippen LogP contribution in [0.5, 0.6) is 0 Å². The molecule has 4 rings (SSSR count). The van der Waals surface area contributed by atoms with Crippen LogP contribution in [0, 0.1) is 11.3 Å². The Bertz CT molecular complexity index is 739. The topological polar surface area (TPSA) is 26.3 Å². The largest absolute Gasteiger partial charge is 0.369 e. The quantitative estimate of drug-likeness (QED) is 0.691. The Morgan fingerprint density at radius 1 is 1.08 bits per heavy atom. The van der Waals surface area contributed by atoms with Crippen LogP contribution in [0.1, 0.15) is 64.4 Å². The van der Waals surface area contributed by atoms with Gasteiger partial charge in [-0.05, 0) is 65.7 Å². The molecule has 0 heterocycles. The van der Waals surface area contributed by atoms with E-state index in [4.69, 9.17) is 4.74 Å². The molecule has 0 N–H and O–H groups in total. The van der Waals surface area contributed by atoms with Gasteiger partial charge in [-0.3, -0.25) is 4.79 Å². The van der Waals surface area contributed by atoms with E-state index in [1.165, 1.54) is 29.6 Å². The second-order valence-electron chi connectivity index (χ2n) is 8.90. The van der Waals surface area contributed by atoms with Crippen molar-refractivity contribution in [3.8, 4) is 0 Å². The first kappa shape index (κ1) is 17.7. The average molecular weight is 351 g/mol. The van der Waals surface area contributed by atoms with E-state index in [0.29, 0.717) is 24.7 Å². The summed E-state index contributed by atoms with van der Waals surface area (Å²) in [5.74, 6) is 0.753. The highest BCUT2D eigenvalue weighted by molar-refractivity contribution is 5.97. The van der Waals surface area contributed by atoms with Crippen molar-refractivity contribution in [2.45, 2.75) is 71.5 Å². The van der Waals surface area contributed by atoms with Crippen LogP contribution in [0.4, 0.5) is 0 Å². The van der Waals surface area contributed by atoms with Gasteiger partial charge in [-0.25, -0.2) is 0 Å². The lowest BCUT2D eigenvalue weighted by molar-refractivity contribution is -0.116. The molecule has 1 saturated carbocycles. The van der Waals surface area contributed by atoms with Gasteiger partial charge in [0.1, 0.15) is 0 Å². The Kier molecular flexibility index (Phi) is 4.88. The number of benzene rings is 1. The number of ketones is 1. The summed E-state index contributed by atoms with van der Waals surface area (Å²) in [5, 5.41) is 0. The monoisotopic (exact) mass is 350 g/mol. The van der Waals surface area contributed by atoms with E-state index in [9.17, 15) is 4.79 Å². The minimum Gasteiger partial charge on any atom is -0.369 e. The fraction of sp³-hybridized carbons (Fsp3) is 0.542. The van der Waals surface area contributed by atoms with Crippen molar-refractivity contribution in [1.29, 1.82) is 0 Å². The third-order valence-electron chi connectivity index (χ3n) is 6.39. The maximum Gasteiger partial charge on any atom is 0.159 e. The maximum atomic E-state index is 12.9. The van der Waals surface area contributed by atoms with Crippen molar-refractivity contribution >= 4 is 5.78 Å². The fourth-order valence-electron chi connectivity index (χ4n) is 5.12. The Hall–Kier alpha value is -1.67. The van der Waals surface area contributed by atoms with Crippen molar-refractivity contribution < 1.29 is 9.53 Å². The molecule has 0 spiro atoms. The van der Waals surface area contributed by atoms with E-state index in [1.807, 2.05) is 6.07 Å². The molecule has 2 heteroatoms. The molecule has 1 fully saturated rings. The van der Waals surface area contributed by atoms with Gasteiger partial charge < -0.3 is 4.74 Å². The van der Waals surface area contributed by atoms with Gasteiger partial charge in [0.2, 0.25) is 0 Å². The van der Waals surface area contributed by atoms with Crippen LogP contribution in [0.2, 0.25) is 0 Å². The Balaban J connectivity index is 1.63. The zero-order chi connectivity index (χ0) is 18.1. The van der Waals surface area contributed by atoms with Crippen molar-refractivity contribution in [3.05, 3.63) is 58.7 Å². The van der Waals surface area contributed by atoms with Crippen molar-refractivity contribution in [2.75, 3.05) is 0 Å². The molecule has 1 aromatic rings. The van der Waals surface area contributed by atoms with E-state index in [2.05, 4.69) is 44.2 Å². The molecule has 26 heavy (non-hydrogen) atoms. The van der Waals surface area contributed by atoms with Gasteiger partial charge in [-0.2, -0.15) is 0 Å². The number of fused-ring (bicyclic) bond motifs is 1. The van der Waals surface area contributed by atoms with Crippen molar-refractivity contribution in [3.63, 3.8) is 0 Å². The summed E-state index contributed by atoms with van der Waals surface area (Å²) in [6.07, 6.45) is 9.86. The van der Waals surface area contributed by atoms with Gasteiger partial charge in [-0.15, -0.1) is 0 Å². The van der Waals surface area contributed by atoms with Crippen molar-refractivity contribution in [2.24, 2.45) is 11.3 Å². The average Bonchev–Trinajstić information content (AvgIpc) is 2.79. The Labute approximate surface area is 157 Å². The minimum atomic E-state index is 0.0777. The molecule has 0 radical (unpaired) electrons. The molecule has 3 aliphatic rings. The number of ether oxygens (including phenoxy) is 1. The summed E-state index contributed by atoms with van der Waals surface area (Å²) in [4.78, 5) is 12.9. The first-order valence-electron chi connectivity index (χ1n) is 10.2. The SMILES string of the molecule is CC1(C)CC2CC(=O)C3=C(C=C2C1OCc1ccccc1)CCCCC3. The van der Waals surface area contributed by atoms with Crippen molar-refractivity contribution in [1.82, 2.24) is 0 Å². The lowest BCUT2D eigenvalue weighted by Gasteiger charge is -2.28. The van der Waals surface area contributed by atoms with Crippen LogP contribution >= 0.6 is 0 Å². The lowest BCUT2D eigenvalue weighted by atomic mass is 9.86. The second kappa shape index (κ2) is 7.15. The molecule has 0 aromatic heterocycles. The normalized spacial score (nSPS) is 28.1. The highest BCUT2D eigenvalue weighted by atomic mass is 16.5. The second-order valence-corrected chi connectivity index (χ2v) is 8.90. The molecule has 2 unspecified atom stereocenters. The number of Topliss-reactive ketones (excluding diaryl/α,β-unsaturated/α-hetero) is 1. The molecule has 1 aromatic carbocycles. The minimum absolute atomic E-state index is 0.0777. The number of carbonyl (C=O) groups is 1. The number of carbonyl (C=O) groups excluding carboxylic acids is 1. The molecular weight excluding hydrogens is 320 g/mol. The standard InChI is InChI=1S/C24H30O2/c1-24(2)15-19-14-22(25)20-12-8-4-7-11-18(20)13-21(19)23(24)26-16-17-9-5-3-6-10-17/h3,5-6,9-10,13,19,23H,4,7-8,11-12,14-16H2,1-2H3. The molecule has 3 aliphatic carbocycles. The number of hydrogen-bond acceptors (Lipinski definition) is 2. The highest BCUT2D eigenvalue weighted by Gasteiger charge is 2.46. The molecular formula is C24H30O2. The zero-order valence-corrected chi connectivity index (χ0v) is 16.1. The molecule has 0 aliphatic heterocycles. The summed E-state index contributed by atoms with van der Waals surface area (Å²) in [6, 6.07) is 10.4. The molecule has 0 saturated heterocycles. The van der Waals surface area contributed by atoms with Gasteiger partial charge in [0.25, 0.3) is 0 Å². The van der Waals surface area contributed by atoms with E-state index in [0.717, 1.165) is 31.3 Å². The van der Waals surface area contributed by atoms with E-state index >= 15 is 0 Å². The smallest absolute Gasteiger partial charge is 0.159 e. The fourth-order valence-corrected chi connectivity index (χ4v) is 5.12. The predicted molar refractivity (Wildman–Crippen MR) is 105 cm³/mol. The summed E-state index contributed by atoms with van der Waals surface area (Å²) in [5.41, 5.74) is 5.12. The van der Waals surface area contributed by atoms with Crippen LogP contribution in [-0.4, -0.2) is 11.9 Å². The van der Waals surface area contributed by atoms with Gasteiger partial charge in [0, 0.05) is 6.42 Å². The van der Waals surface area contributed by atoms with Gasteiger partial charge in [0.05, 0.1) is 12.7 Å². The predicted octanol–water partition coefficient (Wildman–Crippen LogP) is 5.78. The molecule has 138 valence electrons. The summed E-state index contributed by atoms with van der Waals surface area (Å²) in [6.45, 7) is 5.23. The summed E-state index contributed by atoms with van der Waals surface area (Å²) < 4.78 is 6.47. The summed E-state index contributed by atoms with van der Waals surface area (Å²) >= 11 is 0. The molecule has 0 amide bonds. The van der Waals surface area contributed by atoms with E-state index in [-0.39, 0.29) is 11.5 Å². The van der Waals surface area contributed by atoms with Gasteiger partial charge in [0.15, 0.2) is 5.78 Å². The molecule has 2 nitrogen and oxygen atoms in total. The summed E-state index contributed by atoms with van der Waals surface area (Å²) in [7, 11) is 0. The Morgan fingerprint density at radius 2 is 1.85 bits per heavy atom. The van der Waals surface area contributed by atoms with Crippen LogP contribution < -0.4 is 0 Å². The molecule has 0 bridgehead atoms. The third-order valence-corrected chi connectivity index (χ3v) is 6.39. The number of rotatable bonds is 3. The Morgan fingerprint density at radius 3 is 2.65 bits per heavy atom.